The second-order valence-corrected chi connectivity index (χ2v) is 4.02. The molecule has 4 heteroatoms. The minimum Gasteiger partial charge on any atom is -0.508 e. The number of phenols is 1. The van der Waals surface area contributed by atoms with Gasteiger partial charge in [0.05, 0.1) is 5.69 Å². The molecule has 88 valence electrons. The Balaban J connectivity index is 2.12. The third-order valence-corrected chi connectivity index (χ3v) is 2.78. The van der Waals surface area contributed by atoms with Crippen molar-refractivity contribution in [3.8, 4) is 17.0 Å². The highest BCUT2D eigenvalue weighted by Gasteiger charge is 2.04. The smallest absolute Gasteiger partial charge is 0.150 e. The Morgan fingerprint density at radius 2 is 1.94 bits per heavy atom. The van der Waals surface area contributed by atoms with Crippen LogP contribution in [0.5, 0.6) is 5.75 Å². The van der Waals surface area contributed by atoms with Gasteiger partial charge in [0.15, 0.2) is 0 Å². The molecule has 0 aliphatic heterocycles. The summed E-state index contributed by atoms with van der Waals surface area (Å²) in [6.07, 6.45) is 4.49. The molecule has 0 unspecified atom stereocenters. The molecule has 0 saturated heterocycles. The first kappa shape index (κ1) is 10.5. The predicted molar refractivity (Wildman–Crippen MR) is 67.7 cm³/mol. The van der Waals surface area contributed by atoms with Gasteiger partial charge >= 0.3 is 0 Å². The largest absolute Gasteiger partial charge is 0.508 e. The first-order valence-corrected chi connectivity index (χ1v) is 5.49. The van der Waals surface area contributed by atoms with Gasteiger partial charge in [-0.15, -0.1) is 0 Å². The van der Waals surface area contributed by atoms with E-state index in [1.54, 1.807) is 42.6 Å². The molecule has 0 aliphatic rings. The number of benzene rings is 1. The highest BCUT2D eigenvalue weighted by molar-refractivity contribution is 5.77. The highest BCUT2D eigenvalue weighted by atomic mass is 16.3. The first-order chi connectivity index (χ1) is 8.76. The van der Waals surface area contributed by atoms with Crippen molar-refractivity contribution in [2.45, 2.75) is 0 Å². The van der Waals surface area contributed by atoms with E-state index in [1.165, 1.54) is 0 Å². The summed E-state index contributed by atoms with van der Waals surface area (Å²) in [5, 5.41) is 9.25. The van der Waals surface area contributed by atoms with E-state index in [-0.39, 0.29) is 5.75 Å². The van der Waals surface area contributed by atoms with E-state index in [4.69, 9.17) is 0 Å². The van der Waals surface area contributed by atoms with Gasteiger partial charge in [0.1, 0.15) is 17.7 Å². The van der Waals surface area contributed by atoms with Crippen LogP contribution in [-0.4, -0.2) is 20.8 Å². The molecule has 0 fully saturated rings. The van der Waals surface area contributed by atoms with E-state index < -0.39 is 0 Å². The van der Waals surface area contributed by atoms with Gasteiger partial charge in [-0.05, 0) is 36.4 Å². The summed E-state index contributed by atoms with van der Waals surface area (Å²) in [5.74, 6) is 0.228. The maximum atomic E-state index is 10.7. The van der Waals surface area contributed by atoms with E-state index in [0.717, 1.165) is 23.2 Å². The number of hydrogen-bond acceptors (Lipinski definition) is 3. The van der Waals surface area contributed by atoms with Crippen molar-refractivity contribution in [2.75, 3.05) is 0 Å². The van der Waals surface area contributed by atoms with E-state index >= 15 is 0 Å². The summed E-state index contributed by atoms with van der Waals surface area (Å²) in [6.45, 7) is 0. The van der Waals surface area contributed by atoms with E-state index in [9.17, 15) is 9.90 Å². The number of imidazole rings is 1. The van der Waals surface area contributed by atoms with Gasteiger partial charge in [-0.25, -0.2) is 4.98 Å². The normalized spacial score (nSPS) is 10.7. The van der Waals surface area contributed by atoms with Crippen molar-refractivity contribution in [2.24, 2.45) is 0 Å². The van der Waals surface area contributed by atoms with Crippen LogP contribution in [0.2, 0.25) is 0 Å². The van der Waals surface area contributed by atoms with E-state index in [1.807, 2.05) is 10.6 Å². The van der Waals surface area contributed by atoms with Crippen molar-refractivity contribution < 1.29 is 9.90 Å². The molecule has 0 saturated carbocycles. The van der Waals surface area contributed by atoms with Crippen molar-refractivity contribution in [3.63, 3.8) is 0 Å². The summed E-state index contributed by atoms with van der Waals surface area (Å²) >= 11 is 0. The fraction of sp³-hybridized carbons (Fsp3) is 0. The van der Waals surface area contributed by atoms with Gasteiger partial charge in [-0.1, -0.05) is 0 Å². The molecule has 2 aromatic heterocycles. The van der Waals surface area contributed by atoms with Gasteiger partial charge in [-0.2, -0.15) is 0 Å². The van der Waals surface area contributed by atoms with Gasteiger partial charge in [0.2, 0.25) is 0 Å². The Kier molecular flexibility index (Phi) is 2.34. The molecule has 4 nitrogen and oxygen atoms in total. The summed E-state index contributed by atoms with van der Waals surface area (Å²) < 4.78 is 1.86. The van der Waals surface area contributed by atoms with Crippen LogP contribution in [0.3, 0.4) is 0 Å². The lowest BCUT2D eigenvalue weighted by Gasteiger charge is -1.95. The lowest BCUT2D eigenvalue weighted by atomic mass is 10.2. The molecule has 0 bridgehead atoms. The number of pyridine rings is 1. The molecule has 0 atom stereocenters. The lowest BCUT2D eigenvalue weighted by Crippen LogP contribution is -1.85. The van der Waals surface area contributed by atoms with Crippen LogP contribution in [-0.2, 0) is 0 Å². The summed E-state index contributed by atoms with van der Waals surface area (Å²) in [4.78, 5) is 15.1. The zero-order chi connectivity index (χ0) is 12.5. The number of hydrogen-bond donors (Lipinski definition) is 1. The molecule has 3 rings (SSSR count). The van der Waals surface area contributed by atoms with Crippen molar-refractivity contribution >= 4 is 11.9 Å². The summed E-state index contributed by atoms with van der Waals surface area (Å²) in [7, 11) is 0. The second-order valence-electron chi connectivity index (χ2n) is 4.02. The maximum Gasteiger partial charge on any atom is 0.150 e. The summed E-state index contributed by atoms with van der Waals surface area (Å²) in [6, 6.07) is 10.3. The number of aromatic nitrogens is 2. The monoisotopic (exact) mass is 238 g/mol. The third kappa shape index (κ3) is 1.73. The van der Waals surface area contributed by atoms with Gasteiger partial charge in [0, 0.05) is 23.5 Å². The van der Waals surface area contributed by atoms with Crippen LogP contribution in [0, 0.1) is 0 Å². The minimum absolute atomic E-state index is 0.228. The van der Waals surface area contributed by atoms with Gasteiger partial charge in [-0.3, -0.25) is 4.79 Å². The maximum absolute atomic E-state index is 10.7. The van der Waals surface area contributed by atoms with E-state index in [0.29, 0.717) is 5.56 Å². The van der Waals surface area contributed by atoms with Crippen LogP contribution in [0.25, 0.3) is 16.9 Å². The molecule has 0 amide bonds. The molecular weight excluding hydrogens is 228 g/mol. The Morgan fingerprint density at radius 1 is 1.17 bits per heavy atom. The molecule has 0 aliphatic carbocycles. The van der Waals surface area contributed by atoms with Crippen LogP contribution in [0.1, 0.15) is 10.4 Å². The molecule has 0 spiro atoms. The van der Waals surface area contributed by atoms with Crippen molar-refractivity contribution in [1.82, 2.24) is 9.38 Å². The standard InChI is InChI=1S/C14H10N2O2/c17-9-10-5-6-16-8-13(15-14(16)7-10)11-1-3-12(18)4-2-11/h1-9,18H. The zero-order valence-corrected chi connectivity index (χ0v) is 9.45. The van der Waals surface area contributed by atoms with Crippen molar-refractivity contribution in [1.29, 1.82) is 0 Å². The second kappa shape index (κ2) is 4.00. The first-order valence-electron chi connectivity index (χ1n) is 5.49. The minimum atomic E-state index is 0.228. The zero-order valence-electron chi connectivity index (χ0n) is 9.45. The Bertz CT molecular complexity index is 714. The Morgan fingerprint density at radius 3 is 2.67 bits per heavy atom. The van der Waals surface area contributed by atoms with Crippen LogP contribution >= 0.6 is 0 Å². The summed E-state index contributed by atoms with van der Waals surface area (Å²) in [5.41, 5.74) is 3.05. The number of fused-ring (bicyclic) bond motifs is 1. The Labute approximate surface area is 103 Å². The van der Waals surface area contributed by atoms with Gasteiger partial charge < -0.3 is 9.51 Å². The molecule has 2 heterocycles. The van der Waals surface area contributed by atoms with Crippen LogP contribution < -0.4 is 0 Å². The number of nitrogens with zero attached hydrogens (tertiary/aromatic N) is 2. The molecule has 18 heavy (non-hydrogen) atoms. The number of carbonyl (C=O) groups excluding carboxylic acids is 1. The molecule has 1 aromatic carbocycles. The quantitative estimate of drug-likeness (QED) is 0.698. The predicted octanol–water partition coefficient (Wildman–Crippen LogP) is 2.52. The molecule has 3 aromatic rings. The highest BCUT2D eigenvalue weighted by Crippen LogP contribution is 2.21. The SMILES string of the molecule is O=Cc1ccn2cc(-c3ccc(O)cc3)nc2c1. The fourth-order valence-corrected chi connectivity index (χ4v) is 1.84. The van der Waals surface area contributed by atoms with Crippen LogP contribution in [0.4, 0.5) is 0 Å². The topological polar surface area (TPSA) is 54.6 Å². The average molecular weight is 238 g/mol. The third-order valence-electron chi connectivity index (χ3n) is 2.78. The fourth-order valence-electron chi connectivity index (χ4n) is 1.84. The molecule has 1 N–H and O–H groups in total. The van der Waals surface area contributed by atoms with Crippen molar-refractivity contribution in [3.05, 3.63) is 54.4 Å². The molecule has 0 radical (unpaired) electrons. The number of aldehydes is 1. The Hall–Kier alpha value is -2.62. The number of aromatic hydroxyl groups is 1. The molecular formula is C14H10N2O2. The average Bonchev–Trinajstić information content (AvgIpc) is 2.82. The van der Waals surface area contributed by atoms with E-state index in [2.05, 4.69) is 4.98 Å². The number of phenolic OH excluding ortho intramolecular Hbond substituents is 1. The number of rotatable bonds is 2. The number of carbonyl (C=O) groups is 1. The van der Waals surface area contributed by atoms with Crippen LogP contribution in [0.15, 0.2) is 48.8 Å². The lowest BCUT2D eigenvalue weighted by molar-refractivity contribution is 0.112. The van der Waals surface area contributed by atoms with Gasteiger partial charge in [0.25, 0.3) is 0 Å².